The third-order valence-electron chi connectivity index (χ3n) is 5.84. The minimum absolute atomic E-state index is 0.0809. The number of ether oxygens (including phenoxy) is 1. The molecule has 0 unspecified atom stereocenters. The number of rotatable bonds is 8. The molecule has 196 valence electrons. The zero-order valence-corrected chi connectivity index (χ0v) is 22.6. The first-order valence-electron chi connectivity index (χ1n) is 12.9. The number of benzene rings is 1. The molecule has 0 radical (unpaired) electrons. The Labute approximate surface area is 220 Å². The van der Waals surface area contributed by atoms with Gasteiger partial charge in [0.05, 0.1) is 25.1 Å². The van der Waals surface area contributed by atoms with Crippen molar-refractivity contribution >= 4 is 23.8 Å². The molecule has 1 aliphatic heterocycles. The predicted molar refractivity (Wildman–Crippen MR) is 150 cm³/mol. The Morgan fingerprint density at radius 1 is 1.16 bits per heavy atom. The lowest BCUT2D eigenvalue weighted by molar-refractivity contribution is 0.101. The van der Waals surface area contributed by atoms with E-state index in [1.807, 2.05) is 12.1 Å². The van der Waals surface area contributed by atoms with Crippen LogP contribution in [0, 0.1) is 12.8 Å². The summed E-state index contributed by atoms with van der Waals surface area (Å²) in [7, 11) is 0. The van der Waals surface area contributed by atoms with Gasteiger partial charge in [-0.05, 0) is 50.3 Å². The third kappa shape index (κ3) is 8.75. The highest BCUT2D eigenvalue weighted by molar-refractivity contribution is 5.93. The molecule has 1 N–H and O–H groups in total. The molecule has 1 aromatic carbocycles. The molecular weight excluding hydrogens is 464 g/mol. The number of ketones is 1. The molecule has 0 bridgehead atoms. The first-order chi connectivity index (χ1) is 17.9. The predicted octanol–water partition coefficient (Wildman–Crippen LogP) is 5.11. The van der Waals surface area contributed by atoms with Gasteiger partial charge in [0.2, 0.25) is 5.95 Å². The number of hydrogen-bond donors (Lipinski definition) is 1. The monoisotopic (exact) mass is 502 g/mol. The highest BCUT2D eigenvalue weighted by atomic mass is 16.5. The normalized spacial score (nSPS) is 13.4. The zero-order chi connectivity index (χ0) is 26.6. The van der Waals surface area contributed by atoms with Crippen molar-refractivity contribution in [1.29, 1.82) is 0 Å². The van der Waals surface area contributed by atoms with Crippen molar-refractivity contribution < 1.29 is 9.53 Å². The summed E-state index contributed by atoms with van der Waals surface area (Å²) < 4.78 is 5.52. The van der Waals surface area contributed by atoms with Crippen LogP contribution in [0.25, 0.3) is 0 Å². The molecule has 1 fully saturated rings. The molecule has 8 nitrogen and oxygen atoms in total. The van der Waals surface area contributed by atoms with Crippen LogP contribution in [-0.2, 0) is 17.6 Å². The fourth-order valence-electron chi connectivity index (χ4n) is 4.02. The molecule has 1 aliphatic rings. The minimum atomic E-state index is 0.0809. The third-order valence-corrected chi connectivity index (χ3v) is 5.84. The summed E-state index contributed by atoms with van der Waals surface area (Å²) in [6, 6.07) is 11.6. The second-order valence-electron chi connectivity index (χ2n) is 9.42. The van der Waals surface area contributed by atoms with E-state index in [9.17, 15) is 4.79 Å². The van der Waals surface area contributed by atoms with Crippen LogP contribution in [0.15, 0.2) is 53.9 Å². The van der Waals surface area contributed by atoms with E-state index in [4.69, 9.17) is 14.7 Å². The number of carbonyl (C=O) groups is 1. The number of carbonyl (C=O) groups excluding carboxylic acids is 1. The first kappa shape index (κ1) is 27.9. The maximum atomic E-state index is 10.6. The molecule has 2 aromatic heterocycles. The van der Waals surface area contributed by atoms with Gasteiger partial charge >= 0.3 is 0 Å². The number of nitrogens with one attached hydrogen (secondary N) is 1. The van der Waals surface area contributed by atoms with Crippen LogP contribution in [0.3, 0.4) is 0 Å². The van der Waals surface area contributed by atoms with E-state index in [0.29, 0.717) is 17.4 Å². The van der Waals surface area contributed by atoms with E-state index in [0.717, 1.165) is 56.2 Å². The van der Waals surface area contributed by atoms with Crippen LogP contribution in [-0.4, -0.2) is 53.3 Å². The first-order valence-corrected chi connectivity index (χ1v) is 12.9. The van der Waals surface area contributed by atoms with Crippen molar-refractivity contribution in [2.24, 2.45) is 11.0 Å². The van der Waals surface area contributed by atoms with Gasteiger partial charge in [-0.3, -0.25) is 9.78 Å². The molecule has 1 saturated heterocycles. The van der Waals surface area contributed by atoms with Crippen LogP contribution in [0.1, 0.15) is 60.4 Å². The van der Waals surface area contributed by atoms with Gasteiger partial charge in [-0.2, -0.15) is 10.1 Å². The molecule has 37 heavy (non-hydrogen) atoms. The van der Waals surface area contributed by atoms with Gasteiger partial charge in [-0.1, -0.05) is 50.6 Å². The Balaban J connectivity index is 0.000000356. The van der Waals surface area contributed by atoms with Gasteiger partial charge in [0.15, 0.2) is 5.78 Å². The van der Waals surface area contributed by atoms with Crippen molar-refractivity contribution in [3.63, 3.8) is 0 Å². The number of aryl methyl sites for hydroxylation is 1. The molecule has 0 spiro atoms. The van der Waals surface area contributed by atoms with Crippen LogP contribution in [0.5, 0.6) is 0 Å². The number of hydrogen-bond acceptors (Lipinski definition) is 8. The molecule has 0 atom stereocenters. The molecule has 0 aliphatic carbocycles. The standard InChI is InChI=1S/C22H31N5O.C7H7NO/c1-5-19-20(13-16(2)3)24-22(25-21(19)27-9-11-28-12-10-27)26-23-15-18-8-6-7-17(4)14-18;1-6(9)7-2-4-8-5-3-7/h6-8,14-16H,5,9-13H2,1-4H3,(H,24,25,26);2-5H,1H3/b23-15+;. The molecule has 3 aromatic rings. The van der Waals surface area contributed by atoms with Gasteiger partial charge in [-0.15, -0.1) is 0 Å². The summed E-state index contributed by atoms with van der Waals surface area (Å²) >= 11 is 0. The van der Waals surface area contributed by atoms with Crippen LogP contribution >= 0.6 is 0 Å². The molecule has 0 amide bonds. The van der Waals surface area contributed by atoms with Crippen molar-refractivity contribution in [1.82, 2.24) is 15.0 Å². The number of morpholine rings is 1. The maximum Gasteiger partial charge on any atom is 0.245 e. The van der Waals surface area contributed by atoms with Gasteiger partial charge in [0.1, 0.15) is 5.82 Å². The highest BCUT2D eigenvalue weighted by Crippen LogP contribution is 2.26. The Bertz CT molecular complexity index is 1170. The summed E-state index contributed by atoms with van der Waals surface area (Å²) in [5.74, 6) is 2.18. The SMILES string of the molecule is CC(=O)c1ccncc1.CCc1c(CC(C)C)nc(N/N=C/c2cccc(C)c2)nc1N1CCOCC1. The van der Waals surface area contributed by atoms with E-state index < -0.39 is 0 Å². The van der Waals surface area contributed by atoms with Crippen molar-refractivity contribution in [3.8, 4) is 0 Å². The highest BCUT2D eigenvalue weighted by Gasteiger charge is 2.20. The number of aromatic nitrogens is 3. The lowest BCUT2D eigenvalue weighted by Crippen LogP contribution is -2.37. The van der Waals surface area contributed by atoms with Crippen molar-refractivity contribution in [3.05, 3.63) is 76.7 Å². The Morgan fingerprint density at radius 3 is 2.49 bits per heavy atom. The van der Waals surface area contributed by atoms with Gasteiger partial charge in [0, 0.05) is 36.6 Å². The van der Waals surface area contributed by atoms with E-state index in [1.54, 1.807) is 30.7 Å². The zero-order valence-electron chi connectivity index (χ0n) is 22.6. The number of Topliss-reactive ketones (excluding diaryl/α,β-unsaturated/α-hetero) is 1. The van der Waals surface area contributed by atoms with Crippen molar-refractivity contribution in [2.75, 3.05) is 36.6 Å². The Morgan fingerprint density at radius 2 is 1.89 bits per heavy atom. The summed E-state index contributed by atoms with van der Waals surface area (Å²) in [5, 5.41) is 4.37. The van der Waals surface area contributed by atoms with Crippen molar-refractivity contribution in [2.45, 2.75) is 47.5 Å². The molecule has 8 heteroatoms. The van der Waals surface area contributed by atoms with Gasteiger partial charge in [0.25, 0.3) is 0 Å². The number of anilines is 2. The Hall–Kier alpha value is -3.65. The number of hydrazone groups is 1. The van der Waals surface area contributed by atoms with Crippen LogP contribution in [0.2, 0.25) is 0 Å². The maximum absolute atomic E-state index is 10.6. The lowest BCUT2D eigenvalue weighted by Gasteiger charge is -2.30. The molecule has 0 saturated carbocycles. The summed E-state index contributed by atoms with van der Waals surface area (Å²) in [5.41, 5.74) is 8.37. The number of nitrogens with zero attached hydrogens (tertiary/aromatic N) is 5. The van der Waals surface area contributed by atoms with E-state index in [1.165, 1.54) is 18.1 Å². The quantitative estimate of drug-likeness (QED) is 0.260. The molecule has 4 rings (SSSR count). The molecule has 3 heterocycles. The van der Waals surface area contributed by atoms with E-state index >= 15 is 0 Å². The average molecular weight is 503 g/mol. The summed E-state index contributed by atoms with van der Waals surface area (Å²) in [6.45, 7) is 13.4. The van der Waals surface area contributed by atoms with Crippen LogP contribution < -0.4 is 10.3 Å². The lowest BCUT2D eigenvalue weighted by atomic mass is 10.0. The summed E-state index contributed by atoms with van der Waals surface area (Å²) in [4.78, 5) is 26.3. The molecular formula is C29H38N6O2. The number of pyridine rings is 1. The second kappa shape index (κ2) is 14.2. The largest absolute Gasteiger partial charge is 0.378 e. The summed E-state index contributed by atoms with van der Waals surface area (Å²) in [6.07, 6.45) is 6.87. The van der Waals surface area contributed by atoms with Gasteiger partial charge in [-0.25, -0.2) is 10.4 Å². The topological polar surface area (TPSA) is 92.6 Å². The van der Waals surface area contributed by atoms with E-state index in [-0.39, 0.29) is 5.78 Å². The second-order valence-corrected chi connectivity index (χ2v) is 9.42. The smallest absolute Gasteiger partial charge is 0.245 e. The average Bonchev–Trinajstić information content (AvgIpc) is 2.89. The van der Waals surface area contributed by atoms with Crippen LogP contribution in [0.4, 0.5) is 11.8 Å². The fraction of sp³-hybridized carbons (Fsp3) is 0.414. The Kier molecular flexibility index (Phi) is 10.7. The fourth-order valence-corrected chi connectivity index (χ4v) is 4.02. The minimum Gasteiger partial charge on any atom is -0.378 e. The van der Waals surface area contributed by atoms with E-state index in [2.05, 4.69) is 60.2 Å². The van der Waals surface area contributed by atoms with Gasteiger partial charge < -0.3 is 9.64 Å².